The van der Waals surface area contributed by atoms with Crippen LogP contribution in [0.5, 0.6) is 0 Å². The summed E-state index contributed by atoms with van der Waals surface area (Å²) in [6, 6.07) is 0.425. The van der Waals surface area contributed by atoms with Gasteiger partial charge in [0.1, 0.15) is 0 Å². The highest BCUT2D eigenvalue weighted by molar-refractivity contribution is 8.01. The van der Waals surface area contributed by atoms with Gasteiger partial charge in [-0.15, -0.1) is 0 Å². The van der Waals surface area contributed by atoms with E-state index >= 15 is 0 Å². The van der Waals surface area contributed by atoms with E-state index in [-0.39, 0.29) is 0 Å². The van der Waals surface area contributed by atoms with Gasteiger partial charge in [-0.1, -0.05) is 6.92 Å². The second-order valence-corrected chi connectivity index (χ2v) is 7.90. The van der Waals surface area contributed by atoms with Crippen molar-refractivity contribution in [1.29, 1.82) is 0 Å². The highest BCUT2D eigenvalue weighted by atomic mass is 32.2. The lowest BCUT2D eigenvalue weighted by Gasteiger charge is -2.29. The Morgan fingerprint density at radius 2 is 2.21 bits per heavy atom. The van der Waals surface area contributed by atoms with Gasteiger partial charge < -0.3 is 5.32 Å². The maximum absolute atomic E-state index is 11.5. The van der Waals surface area contributed by atoms with Gasteiger partial charge in [0.05, 0.1) is 11.5 Å². The van der Waals surface area contributed by atoms with E-state index in [0.29, 0.717) is 28.7 Å². The number of hydrogen-bond donors (Lipinski definition) is 1. The molecule has 2 rings (SSSR count). The molecule has 2 aliphatic heterocycles. The molecule has 0 saturated carbocycles. The number of nitrogens with one attached hydrogen (secondary N) is 1. The van der Waals surface area contributed by atoms with Crippen LogP contribution in [0, 0.1) is 5.92 Å². The molecule has 2 saturated heterocycles. The summed E-state index contributed by atoms with van der Waals surface area (Å²) in [5.74, 6) is 2.50. The third kappa shape index (κ3) is 2.44. The number of fused-ring (bicyclic) bond motifs is 1. The second kappa shape index (κ2) is 4.02. The Morgan fingerprint density at radius 1 is 1.43 bits per heavy atom. The largest absolute Gasteiger partial charge is 0.313 e. The minimum atomic E-state index is -2.75. The number of sulfone groups is 1. The predicted octanol–water partition coefficient (Wildman–Crippen LogP) is 0.515. The van der Waals surface area contributed by atoms with Crippen LogP contribution in [0.25, 0.3) is 0 Å². The summed E-state index contributed by atoms with van der Waals surface area (Å²) in [5.41, 5.74) is 0. The maximum atomic E-state index is 11.5. The third-order valence-corrected chi connectivity index (χ3v) is 6.55. The topological polar surface area (TPSA) is 46.2 Å². The molecule has 0 radical (unpaired) electrons. The van der Waals surface area contributed by atoms with Crippen molar-refractivity contribution in [3.05, 3.63) is 0 Å². The molecular weight excluding hydrogens is 218 g/mol. The van der Waals surface area contributed by atoms with Gasteiger partial charge in [-0.25, -0.2) is 8.42 Å². The van der Waals surface area contributed by atoms with Crippen LogP contribution < -0.4 is 5.32 Å². The zero-order valence-electron chi connectivity index (χ0n) is 8.40. The number of rotatable bonds is 0. The summed E-state index contributed by atoms with van der Waals surface area (Å²) in [7, 11) is -2.75. The van der Waals surface area contributed by atoms with E-state index in [1.54, 1.807) is 0 Å². The molecule has 0 amide bonds. The van der Waals surface area contributed by atoms with Crippen molar-refractivity contribution >= 4 is 21.6 Å². The van der Waals surface area contributed by atoms with Gasteiger partial charge in [-0.05, 0) is 24.6 Å². The zero-order valence-corrected chi connectivity index (χ0v) is 10.0. The van der Waals surface area contributed by atoms with E-state index in [1.807, 2.05) is 11.8 Å². The Hall–Kier alpha value is 0.260. The Labute approximate surface area is 89.9 Å². The lowest BCUT2D eigenvalue weighted by Crippen LogP contribution is -2.46. The molecule has 3 atom stereocenters. The highest BCUT2D eigenvalue weighted by Crippen LogP contribution is 2.28. The molecule has 2 aliphatic rings. The molecule has 14 heavy (non-hydrogen) atoms. The molecule has 5 heteroatoms. The van der Waals surface area contributed by atoms with Gasteiger partial charge in [-0.3, -0.25) is 0 Å². The second-order valence-electron chi connectivity index (χ2n) is 4.39. The van der Waals surface area contributed by atoms with Crippen molar-refractivity contribution in [2.45, 2.75) is 24.6 Å². The SMILES string of the molecule is CC1CNC2CCS(=O)(=O)CC2SC1. The van der Waals surface area contributed by atoms with Crippen molar-refractivity contribution in [3.63, 3.8) is 0 Å². The third-order valence-electron chi connectivity index (χ3n) is 2.93. The fraction of sp³-hybridized carbons (Fsp3) is 1.00. The average Bonchev–Trinajstić information content (AvgIpc) is 2.27. The van der Waals surface area contributed by atoms with Gasteiger partial charge >= 0.3 is 0 Å². The molecule has 0 bridgehead atoms. The fourth-order valence-corrected chi connectivity index (χ4v) is 5.72. The van der Waals surface area contributed by atoms with Crippen LogP contribution in [0.15, 0.2) is 0 Å². The van der Waals surface area contributed by atoms with Crippen LogP contribution in [0.1, 0.15) is 13.3 Å². The minimum absolute atomic E-state index is 0.290. The molecule has 0 aromatic rings. The van der Waals surface area contributed by atoms with Gasteiger partial charge in [0.25, 0.3) is 0 Å². The molecule has 1 N–H and O–H groups in total. The van der Waals surface area contributed by atoms with E-state index in [1.165, 1.54) is 0 Å². The molecule has 0 spiro atoms. The van der Waals surface area contributed by atoms with E-state index in [9.17, 15) is 8.42 Å². The maximum Gasteiger partial charge on any atom is 0.151 e. The van der Waals surface area contributed by atoms with Crippen LogP contribution in [0.3, 0.4) is 0 Å². The Kier molecular flexibility index (Phi) is 3.09. The Balaban J connectivity index is 2.07. The summed E-state index contributed by atoms with van der Waals surface area (Å²) in [6.45, 7) is 3.25. The Bertz CT molecular complexity index is 302. The molecule has 3 nitrogen and oxygen atoms in total. The van der Waals surface area contributed by atoms with Crippen molar-refractivity contribution in [2.24, 2.45) is 5.92 Å². The monoisotopic (exact) mass is 235 g/mol. The minimum Gasteiger partial charge on any atom is -0.313 e. The molecule has 2 heterocycles. The molecule has 3 unspecified atom stereocenters. The summed E-state index contributed by atoms with van der Waals surface area (Å²) >= 11 is 1.84. The van der Waals surface area contributed by atoms with Crippen molar-refractivity contribution in [1.82, 2.24) is 5.32 Å². The van der Waals surface area contributed by atoms with Gasteiger partial charge in [0.15, 0.2) is 9.84 Å². The van der Waals surface area contributed by atoms with Crippen LogP contribution in [-0.4, -0.2) is 43.5 Å². The van der Waals surface area contributed by atoms with Crippen LogP contribution in [-0.2, 0) is 9.84 Å². The first kappa shape index (κ1) is 10.8. The lowest BCUT2D eigenvalue weighted by molar-refractivity contribution is 0.452. The molecule has 0 aliphatic carbocycles. The van der Waals surface area contributed by atoms with Gasteiger partial charge in [0, 0.05) is 11.3 Å². The average molecular weight is 235 g/mol. The first-order chi connectivity index (χ1) is 6.57. The van der Waals surface area contributed by atoms with E-state index in [0.717, 1.165) is 18.7 Å². The Morgan fingerprint density at radius 3 is 3.00 bits per heavy atom. The van der Waals surface area contributed by atoms with Crippen LogP contribution in [0.2, 0.25) is 0 Å². The van der Waals surface area contributed by atoms with Gasteiger partial charge in [0.2, 0.25) is 0 Å². The van der Waals surface area contributed by atoms with Crippen LogP contribution in [0.4, 0.5) is 0 Å². The van der Waals surface area contributed by atoms with E-state index in [4.69, 9.17) is 0 Å². The normalized spacial score (nSPS) is 42.5. The van der Waals surface area contributed by atoms with Gasteiger partial charge in [-0.2, -0.15) is 11.8 Å². The number of hydrogen-bond acceptors (Lipinski definition) is 4. The first-order valence-electron chi connectivity index (χ1n) is 5.12. The standard InChI is InChI=1S/C9H17NO2S2/c1-7-4-10-8-2-3-14(11,12)6-9(8)13-5-7/h7-10H,2-6H2,1H3. The van der Waals surface area contributed by atoms with Crippen molar-refractivity contribution in [2.75, 3.05) is 23.8 Å². The highest BCUT2D eigenvalue weighted by Gasteiger charge is 2.34. The lowest BCUT2D eigenvalue weighted by atomic mass is 10.1. The van der Waals surface area contributed by atoms with Crippen molar-refractivity contribution < 1.29 is 8.42 Å². The van der Waals surface area contributed by atoms with Crippen molar-refractivity contribution in [3.8, 4) is 0 Å². The molecule has 2 fully saturated rings. The smallest absolute Gasteiger partial charge is 0.151 e. The summed E-state index contributed by atoms with van der Waals surface area (Å²) in [5, 5.41) is 3.78. The zero-order chi connectivity index (χ0) is 10.2. The van der Waals surface area contributed by atoms with E-state index < -0.39 is 9.84 Å². The predicted molar refractivity (Wildman–Crippen MR) is 60.5 cm³/mol. The molecule has 82 valence electrons. The quantitative estimate of drug-likeness (QED) is 0.665. The van der Waals surface area contributed by atoms with E-state index in [2.05, 4.69) is 12.2 Å². The first-order valence-corrected chi connectivity index (χ1v) is 7.99. The summed E-state index contributed by atoms with van der Waals surface area (Å²) < 4.78 is 22.9. The molecular formula is C9H17NO2S2. The summed E-state index contributed by atoms with van der Waals surface area (Å²) in [4.78, 5) is 0. The summed E-state index contributed by atoms with van der Waals surface area (Å²) in [6.07, 6.45) is 0.798. The fourth-order valence-electron chi connectivity index (χ4n) is 2.04. The molecule has 0 aromatic heterocycles. The van der Waals surface area contributed by atoms with Crippen LogP contribution >= 0.6 is 11.8 Å². The number of thioether (sulfide) groups is 1. The molecule has 0 aromatic carbocycles.